The van der Waals surface area contributed by atoms with Gasteiger partial charge in [-0.15, -0.1) is 5.10 Å². The maximum Gasteiger partial charge on any atom is 0.255 e. The Labute approximate surface area is 256 Å². The molecule has 3 aromatic carbocycles. The highest BCUT2D eigenvalue weighted by Crippen LogP contribution is 2.43. The minimum Gasteiger partial charge on any atom is -0.493 e. The van der Waals surface area contributed by atoms with Crippen molar-refractivity contribution in [3.05, 3.63) is 98.6 Å². The molecule has 11 heteroatoms. The van der Waals surface area contributed by atoms with Crippen LogP contribution in [-0.4, -0.2) is 33.9 Å². The fourth-order valence-corrected chi connectivity index (χ4v) is 6.19. The monoisotopic (exact) mass is 653 g/mol. The van der Waals surface area contributed by atoms with E-state index in [1.54, 1.807) is 11.8 Å². The lowest BCUT2D eigenvalue weighted by molar-refractivity contribution is -0.113. The molecule has 5 rings (SSSR count). The summed E-state index contributed by atoms with van der Waals surface area (Å²) < 4.78 is 14.2. The van der Waals surface area contributed by atoms with E-state index in [9.17, 15) is 4.79 Å². The van der Waals surface area contributed by atoms with Crippen LogP contribution in [0.1, 0.15) is 37.9 Å². The van der Waals surface area contributed by atoms with Crippen LogP contribution in [0.5, 0.6) is 11.5 Å². The van der Waals surface area contributed by atoms with E-state index in [4.69, 9.17) is 31.2 Å². The molecule has 0 spiro atoms. The van der Waals surface area contributed by atoms with Crippen LogP contribution in [0.3, 0.4) is 0 Å². The predicted octanol–water partition coefficient (Wildman–Crippen LogP) is 7.71. The average Bonchev–Trinajstić information content (AvgIpc) is 3.35. The molecule has 41 heavy (non-hydrogen) atoms. The number of benzene rings is 3. The van der Waals surface area contributed by atoms with Crippen LogP contribution >= 0.6 is 39.3 Å². The van der Waals surface area contributed by atoms with Crippen molar-refractivity contribution in [3.8, 4) is 11.5 Å². The molecule has 1 amide bonds. The minimum absolute atomic E-state index is 0.0566. The lowest BCUT2D eigenvalue weighted by Gasteiger charge is -2.29. The van der Waals surface area contributed by atoms with Crippen LogP contribution in [0.4, 0.5) is 11.6 Å². The SMILES string of the molecule is COc1cc(C2C(C(=O)Nc3ccccc3)=C(C)Nc3nc(SCc4ccccc4Cl)nn32)cc(Br)c1OC(C)C. The van der Waals surface area contributed by atoms with Crippen molar-refractivity contribution in [2.24, 2.45) is 0 Å². The van der Waals surface area contributed by atoms with E-state index in [1.165, 1.54) is 11.8 Å². The van der Waals surface area contributed by atoms with Gasteiger partial charge in [0.2, 0.25) is 11.1 Å². The van der Waals surface area contributed by atoms with Gasteiger partial charge >= 0.3 is 0 Å². The quantitative estimate of drug-likeness (QED) is 0.179. The summed E-state index contributed by atoms with van der Waals surface area (Å²) in [6.07, 6.45) is -0.0566. The molecule has 1 aliphatic rings. The molecule has 212 valence electrons. The molecule has 0 saturated carbocycles. The van der Waals surface area contributed by atoms with Gasteiger partial charge in [-0.05, 0) is 78.2 Å². The first-order valence-electron chi connectivity index (χ1n) is 13.0. The van der Waals surface area contributed by atoms with Gasteiger partial charge in [0.1, 0.15) is 6.04 Å². The molecule has 4 aromatic rings. The first kappa shape index (κ1) is 29.0. The van der Waals surface area contributed by atoms with E-state index < -0.39 is 6.04 Å². The number of hydrogen-bond acceptors (Lipinski definition) is 7. The number of ether oxygens (including phenoxy) is 2. The molecule has 0 radical (unpaired) electrons. The van der Waals surface area contributed by atoms with Gasteiger partial charge in [0.05, 0.1) is 23.3 Å². The number of anilines is 2. The number of nitrogens with one attached hydrogen (secondary N) is 2. The average molecular weight is 655 g/mol. The van der Waals surface area contributed by atoms with Crippen molar-refractivity contribution >= 4 is 56.8 Å². The second-order valence-corrected chi connectivity index (χ2v) is 11.8. The summed E-state index contributed by atoms with van der Waals surface area (Å²) in [5.41, 5.74) is 3.63. The number of rotatable bonds is 9. The van der Waals surface area contributed by atoms with Crippen molar-refractivity contribution in [1.29, 1.82) is 0 Å². The predicted molar refractivity (Wildman–Crippen MR) is 167 cm³/mol. The number of amides is 1. The molecule has 0 fully saturated rings. The Kier molecular flexibility index (Phi) is 8.91. The normalized spacial score (nSPS) is 14.5. The highest BCUT2D eigenvalue weighted by molar-refractivity contribution is 9.10. The Morgan fingerprint density at radius 1 is 1.17 bits per heavy atom. The standard InChI is InChI=1S/C30H29BrClN5O3S/c1-17(2)40-27-22(31)14-20(15-24(27)39-4)26-25(28(38)34-21-11-6-5-7-12-21)18(3)33-29-35-30(36-37(26)29)41-16-19-10-8-9-13-23(19)32/h5-15,17,26H,16H2,1-4H3,(H,34,38)(H,33,35,36). The van der Waals surface area contributed by atoms with Gasteiger partial charge in [0.25, 0.3) is 5.91 Å². The van der Waals surface area contributed by atoms with Crippen LogP contribution < -0.4 is 20.1 Å². The van der Waals surface area contributed by atoms with Crippen molar-refractivity contribution < 1.29 is 14.3 Å². The Hall–Kier alpha value is -3.47. The highest BCUT2D eigenvalue weighted by Gasteiger charge is 2.35. The summed E-state index contributed by atoms with van der Waals surface area (Å²) in [7, 11) is 1.59. The van der Waals surface area contributed by atoms with E-state index in [-0.39, 0.29) is 12.0 Å². The van der Waals surface area contributed by atoms with Crippen LogP contribution in [0.25, 0.3) is 0 Å². The molecule has 1 unspecified atom stereocenters. The number of para-hydroxylation sites is 1. The number of nitrogens with zero attached hydrogens (tertiary/aromatic N) is 3. The molecule has 8 nitrogen and oxygen atoms in total. The van der Waals surface area contributed by atoms with Crippen molar-refractivity contribution in [3.63, 3.8) is 0 Å². The minimum atomic E-state index is -0.601. The number of methoxy groups -OCH3 is 1. The van der Waals surface area contributed by atoms with Crippen LogP contribution in [-0.2, 0) is 10.5 Å². The van der Waals surface area contributed by atoms with Crippen LogP contribution in [0.2, 0.25) is 5.02 Å². The fraction of sp³-hybridized carbons (Fsp3) is 0.233. The van der Waals surface area contributed by atoms with E-state index in [2.05, 4.69) is 26.6 Å². The summed E-state index contributed by atoms with van der Waals surface area (Å²) in [5.74, 6) is 2.00. The Balaban J connectivity index is 1.57. The van der Waals surface area contributed by atoms with Gasteiger partial charge in [-0.2, -0.15) is 4.98 Å². The smallest absolute Gasteiger partial charge is 0.255 e. The molecular formula is C30H29BrClN5O3S. The third-order valence-corrected chi connectivity index (χ3v) is 8.19. The zero-order valence-corrected chi connectivity index (χ0v) is 26.1. The third-order valence-electron chi connectivity index (χ3n) is 6.35. The lowest BCUT2D eigenvalue weighted by atomic mass is 9.94. The zero-order chi connectivity index (χ0) is 29.1. The second kappa shape index (κ2) is 12.6. The summed E-state index contributed by atoms with van der Waals surface area (Å²) in [6, 6.07) is 20.3. The van der Waals surface area contributed by atoms with Gasteiger partial charge in [-0.1, -0.05) is 59.8 Å². The third kappa shape index (κ3) is 6.39. The lowest BCUT2D eigenvalue weighted by Crippen LogP contribution is -2.31. The Morgan fingerprint density at radius 2 is 1.90 bits per heavy atom. The second-order valence-electron chi connectivity index (χ2n) is 9.63. The van der Waals surface area contributed by atoms with Gasteiger partial charge in [0, 0.05) is 22.2 Å². The molecule has 2 heterocycles. The highest BCUT2D eigenvalue weighted by atomic mass is 79.9. The first-order chi connectivity index (χ1) is 19.7. The first-order valence-corrected chi connectivity index (χ1v) is 15.1. The topological polar surface area (TPSA) is 90.3 Å². The van der Waals surface area contributed by atoms with E-state index in [1.807, 2.05) is 87.5 Å². The van der Waals surface area contributed by atoms with Crippen LogP contribution in [0.15, 0.2) is 87.6 Å². The van der Waals surface area contributed by atoms with Gasteiger partial charge in [-0.3, -0.25) is 4.79 Å². The maximum absolute atomic E-state index is 13.8. The molecule has 0 bridgehead atoms. The maximum atomic E-state index is 13.8. The number of aromatic nitrogens is 3. The van der Waals surface area contributed by atoms with Gasteiger partial charge in [0.15, 0.2) is 11.5 Å². The summed E-state index contributed by atoms with van der Waals surface area (Å²) >= 11 is 11.5. The molecule has 1 aliphatic heterocycles. The summed E-state index contributed by atoms with van der Waals surface area (Å²) in [6.45, 7) is 5.77. The van der Waals surface area contributed by atoms with Crippen molar-refractivity contribution in [1.82, 2.24) is 14.8 Å². The molecule has 0 saturated heterocycles. The molecular weight excluding hydrogens is 626 g/mol. The van der Waals surface area contributed by atoms with Gasteiger partial charge < -0.3 is 20.1 Å². The van der Waals surface area contributed by atoms with Gasteiger partial charge in [-0.25, -0.2) is 4.68 Å². The molecule has 0 aliphatic carbocycles. The van der Waals surface area contributed by atoms with E-state index in [0.29, 0.717) is 54.8 Å². The number of carbonyl (C=O) groups is 1. The number of fused-ring (bicyclic) bond motifs is 1. The molecule has 1 aromatic heterocycles. The fourth-order valence-electron chi connectivity index (χ4n) is 4.52. The molecule has 2 N–H and O–H groups in total. The number of allylic oxidation sites excluding steroid dienone is 1. The Morgan fingerprint density at radius 3 is 2.61 bits per heavy atom. The zero-order valence-electron chi connectivity index (χ0n) is 22.9. The Bertz CT molecular complexity index is 1610. The number of carbonyl (C=O) groups excluding carboxylic acids is 1. The summed E-state index contributed by atoms with van der Waals surface area (Å²) in [4.78, 5) is 18.6. The molecule has 1 atom stereocenters. The van der Waals surface area contributed by atoms with E-state index in [0.717, 1.165) is 11.1 Å². The van der Waals surface area contributed by atoms with Crippen molar-refractivity contribution in [2.45, 2.75) is 43.8 Å². The van der Waals surface area contributed by atoms with Crippen LogP contribution in [0, 0.1) is 0 Å². The van der Waals surface area contributed by atoms with Crippen molar-refractivity contribution in [2.75, 3.05) is 17.7 Å². The number of thioether (sulfide) groups is 1. The number of hydrogen-bond donors (Lipinski definition) is 2. The summed E-state index contributed by atoms with van der Waals surface area (Å²) in [5, 5.41) is 12.4. The largest absolute Gasteiger partial charge is 0.493 e. The number of halogens is 2. The van der Waals surface area contributed by atoms with E-state index >= 15 is 0 Å².